The van der Waals surface area contributed by atoms with Gasteiger partial charge in [-0.25, -0.2) is 4.98 Å². The fourth-order valence-corrected chi connectivity index (χ4v) is 10.8. The van der Waals surface area contributed by atoms with Gasteiger partial charge in [-0.1, -0.05) is 84.4 Å². The molecule has 2 aromatic carbocycles. The number of likely N-dealkylation sites (N-methyl/N-ethyl adjacent to an activating group) is 1. The van der Waals surface area contributed by atoms with Crippen LogP contribution in [0, 0.1) is 23.7 Å². The Morgan fingerprint density at radius 1 is 0.970 bits per heavy atom. The summed E-state index contributed by atoms with van der Waals surface area (Å²) in [5, 5.41) is 25.2. The number of hydrogen-bond donors (Lipinski definition) is 3. The van der Waals surface area contributed by atoms with Gasteiger partial charge < -0.3 is 29.6 Å². The number of quaternary nitrogens is 1. The highest BCUT2D eigenvalue weighted by molar-refractivity contribution is 8.00. The largest absolute Gasteiger partial charge is 0.508 e. The molecular weight excluding hydrogens is 885 g/mol. The zero-order chi connectivity index (χ0) is 49.3. The van der Waals surface area contributed by atoms with Crippen LogP contribution in [0.4, 0.5) is 0 Å². The van der Waals surface area contributed by atoms with Gasteiger partial charge >= 0.3 is 5.97 Å². The SMILES string of the molecule is CCC=CCN(C(=O)[C@@H](NC(=O)[C@H]1CCCC[N+]1(C)Cc1ccc(SCC(C)=O)cc1)C(C)CC)[C@H](C[C@@H](OCC)c1nc(C(=O)C[C@@H](Cc2ccc(O)cc2)C[C@H](C)C(=O)O)cs1)C(C)C. The first-order valence-electron chi connectivity index (χ1n) is 24.3. The molecule has 2 amide bonds. The van der Waals surface area contributed by atoms with Gasteiger partial charge in [0.15, 0.2) is 11.8 Å². The summed E-state index contributed by atoms with van der Waals surface area (Å²) in [5.74, 6) is -1.68. The standard InChI is InChI=1S/C53H76N4O8S2/c1-10-13-15-26-56(52(62)49(36(6)11-2)55-50(61)46-17-14-16-27-57(46,9)32-40-20-24-43(25-21-40)66-33-38(8)58)45(35(4)5)31-48(65-12-3)51-54-44(34-67-51)47(60)30-41(28-37(7)53(63)64)29-39-18-22-42(59)23-19-39/h13,15,18-25,34-37,41,45-46,48-49H,10-12,14,16-17,26-33H2,1-9H3,(H2-,55,59,61,63,64)/p+1/t36?,37-,41+,45+,46+,48+,49-,57?/m0/s1. The molecule has 1 aliphatic rings. The molecule has 2 unspecified atom stereocenters. The maximum absolute atomic E-state index is 15.2. The van der Waals surface area contributed by atoms with Crippen LogP contribution >= 0.6 is 23.1 Å². The van der Waals surface area contributed by atoms with E-state index in [0.29, 0.717) is 66.3 Å². The van der Waals surface area contributed by atoms with Crippen LogP contribution in [0.1, 0.15) is 139 Å². The summed E-state index contributed by atoms with van der Waals surface area (Å²) in [4.78, 5) is 74.9. The lowest BCUT2D eigenvalue weighted by atomic mass is 9.86. The molecule has 1 saturated heterocycles. The van der Waals surface area contributed by atoms with Crippen LogP contribution in [0.3, 0.4) is 0 Å². The van der Waals surface area contributed by atoms with Crippen LogP contribution in [0.5, 0.6) is 5.75 Å². The topological polar surface area (TPSA) is 163 Å². The predicted molar refractivity (Wildman–Crippen MR) is 268 cm³/mol. The number of allylic oxidation sites excluding steroid dienone is 1. The number of rotatable bonds is 28. The van der Waals surface area contributed by atoms with Gasteiger partial charge in [0.1, 0.15) is 40.9 Å². The first kappa shape index (κ1) is 55.2. The Morgan fingerprint density at radius 3 is 2.27 bits per heavy atom. The number of thioether (sulfide) groups is 1. The number of phenolic OH excluding ortho intramolecular Hbond substituents is 1. The molecular formula is C53H77N4O8S2+. The zero-order valence-corrected chi connectivity index (χ0v) is 43.0. The molecule has 0 spiro atoms. The summed E-state index contributed by atoms with van der Waals surface area (Å²) in [5.41, 5.74) is 2.33. The molecule has 2 heterocycles. The minimum Gasteiger partial charge on any atom is -0.508 e. The van der Waals surface area contributed by atoms with Gasteiger partial charge in [-0.2, -0.15) is 0 Å². The summed E-state index contributed by atoms with van der Waals surface area (Å²) >= 11 is 2.87. The average Bonchev–Trinajstić information content (AvgIpc) is 3.79. The number of likely N-dealkylation sites (tertiary alicyclic amines) is 1. The number of carbonyl (C=O) groups is 5. The van der Waals surface area contributed by atoms with E-state index < -0.39 is 24.0 Å². The number of ketones is 2. The molecule has 4 rings (SSSR count). The summed E-state index contributed by atoms with van der Waals surface area (Å²) in [6, 6.07) is 13.6. The van der Waals surface area contributed by atoms with Gasteiger partial charge in [0.05, 0.1) is 25.3 Å². The van der Waals surface area contributed by atoms with E-state index >= 15 is 4.79 Å². The van der Waals surface area contributed by atoms with Crippen molar-refractivity contribution in [1.29, 1.82) is 0 Å². The van der Waals surface area contributed by atoms with Crippen LogP contribution in [0.2, 0.25) is 0 Å². The fourth-order valence-electron chi connectivity index (χ4n) is 9.18. The molecule has 12 nitrogen and oxygen atoms in total. The van der Waals surface area contributed by atoms with E-state index in [0.717, 1.165) is 48.3 Å². The van der Waals surface area contributed by atoms with Gasteiger partial charge in [-0.3, -0.25) is 24.0 Å². The normalized spacial score (nSPS) is 19.0. The van der Waals surface area contributed by atoms with Crippen molar-refractivity contribution in [3.05, 3.63) is 87.9 Å². The van der Waals surface area contributed by atoms with Crippen molar-refractivity contribution in [2.24, 2.45) is 23.7 Å². The first-order valence-corrected chi connectivity index (χ1v) is 26.2. The van der Waals surface area contributed by atoms with Gasteiger partial charge in [-0.15, -0.1) is 23.1 Å². The second-order valence-electron chi connectivity index (χ2n) is 19.2. The number of ether oxygens (including phenoxy) is 1. The van der Waals surface area contributed by atoms with Crippen molar-refractivity contribution in [1.82, 2.24) is 15.2 Å². The highest BCUT2D eigenvalue weighted by atomic mass is 32.2. The molecule has 8 atom stereocenters. The summed E-state index contributed by atoms with van der Waals surface area (Å²) in [7, 11) is 2.15. The number of carboxylic acid groups (broad SMARTS) is 1. The molecule has 14 heteroatoms. The van der Waals surface area contributed by atoms with Gasteiger partial charge in [-0.05, 0) is 93.5 Å². The number of aromatic nitrogens is 1. The number of hydrogen-bond acceptors (Lipinski definition) is 10. The summed E-state index contributed by atoms with van der Waals surface area (Å²) < 4.78 is 6.93. The number of nitrogens with zero attached hydrogens (tertiary/aromatic N) is 3. The molecule has 1 aliphatic heterocycles. The van der Waals surface area contributed by atoms with Crippen molar-refractivity contribution in [3.8, 4) is 5.75 Å². The summed E-state index contributed by atoms with van der Waals surface area (Å²) in [6.45, 7) is 17.7. The quantitative estimate of drug-likeness (QED) is 0.0276. The highest BCUT2D eigenvalue weighted by Crippen LogP contribution is 2.34. The van der Waals surface area contributed by atoms with Crippen molar-refractivity contribution in [3.63, 3.8) is 0 Å². The number of thiazole rings is 1. The van der Waals surface area contributed by atoms with Crippen LogP contribution in [0.15, 0.2) is 71.0 Å². The Labute approximate surface area is 407 Å². The second kappa shape index (κ2) is 27.0. The van der Waals surface area contributed by atoms with Crippen molar-refractivity contribution < 1.29 is 43.4 Å². The minimum absolute atomic E-state index is 0.00119. The van der Waals surface area contributed by atoms with E-state index in [1.165, 1.54) is 23.1 Å². The van der Waals surface area contributed by atoms with Crippen molar-refractivity contribution in [2.75, 3.05) is 32.5 Å². The Bertz CT molecular complexity index is 2090. The molecule has 368 valence electrons. The number of phenols is 1. The van der Waals surface area contributed by atoms with Crippen LogP contribution in [-0.4, -0.2) is 105 Å². The lowest BCUT2D eigenvalue weighted by Crippen LogP contribution is -2.63. The van der Waals surface area contributed by atoms with Crippen LogP contribution < -0.4 is 5.32 Å². The minimum atomic E-state index is -0.919. The highest BCUT2D eigenvalue weighted by Gasteiger charge is 2.44. The number of carbonyl (C=O) groups excluding carboxylic acids is 4. The number of amides is 2. The predicted octanol–water partition coefficient (Wildman–Crippen LogP) is 10.1. The molecule has 0 aliphatic carbocycles. The summed E-state index contributed by atoms with van der Waals surface area (Å²) in [6.07, 6.45) is 9.04. The second-order valence-corrected chi connectivity index (χ2v) is 21.1. The molecule has 0 saturated carbocycles. The first-order chi connectivity index (χ1) is 31.9. The van der Waals surface area contributed by atoms with Crippen LogP contribution in [-0.2, 0) is 36.9 Å². The smallest absolute Gasteiger partial charge is 0.306 e. The average molecular weight is 962 g/mol. The number of benzene rings is 2. The van der Waals surface area contributed by atoms with E-state index in [2.05, 4.69) is 51.3 Å². The monoisotopic (exact) mass is 962 g/mol. The molecule has 0 bridgehead atoms. The van der Waals surface area contributed by atoms with E-state index in [-0.39, 0.29) is 65.4 Å². The van der Waals surface area contributed by atoms with E-state index in [4.69, 9.17) is 9.72 Å². The molecule has 1 aromatic heterocycles. The fraction of sp³-hybridized carbons (Fsp3) is 0.585. The Balaban J connectivity index is 1.58. The van der Waals surface area contributed by atoms with E-state index in [9.17, 15) is 29.4 Å². The number of carboxylic acids is 1. The third kappa shape index (κ3) is 16.7. The van der Waals surface area contributed by atoms with Gasteiger partial charge in [0.25, 0.3) is 5.91 Å². The Morgan fingerprint density at radius 2 is 1.66 bits per heavy atom. The van der Waals surface area contributed by atoms with E-state index in [1.54, 1.807) is 43.5 Å². The Hall–Kier alpha value is -4.37. The molecule has 3 N–H and O–H groups in total. The molecule has 0 radical (unpaired) electrons. The van der Waals surface area contributed by atoms with Crippen molar-refractivity contribution in [2.45, 2.75) is 149 Å². The van der Waals surface area contributed by atoms with Gasteiger partial charge in [0.2, 0.25) is 5.91 Å². The third-order valence-electron chi connectivity index (χ3n) is 13.2. The van der Waals surface area contributed by atoms with Gasteiger partial charge in [0, 0.05) is 54.3 Å². The van der Waals surface area contributed by atoms with Crippen LogP contribution in [0.25, 0.3) is 0 Å². The lowest BCUT2D eigenvalue weighted by Gasteiger charge is -2.45. The maximum atomic E-state index is 15.2. The number of Topliss-reactive ketones (excluding diaryl/α,β-unsaturated/α-hetero) is 2. The molecule has 1 fully saturated rings. The molecule has 3 aromatic rings. The third-order valence-corrected chi connectivity index (χ3v) is 15.3. The number of piperidine rings is 1. The zero-order valence-electron chi connectivity index (χ0n) is 41.4. The number of aliphatic carboxylic acids is 1. The Kier molecular flexibility index (Phi) is 22.2. The lowest BCUT2D eigenvalue weighted by molar-refractivity contribution is -0.942. The maximum Gasteiger partial charge on any atom is 0.306 e. The molecule has 67 heavy (non-hydrogen) atoms. The van der Waals surface area contributed by atoms with Crippen molar-refractivity contribution >= 4 is 52.4 Å². The number of aromatic hydroxyl groups is 1. The number of nitrogens with one attached hydrogen (secondary N) is 1. The van der Waals surface area contributed by atoms with E-state index in [1.807, 2.05) is 43.9 Å².